The number of anilines is 1. The van der Waals surface area contributed by atoms with Crippen LogP contribution < -0.4 is 20.1 Å². The van der Waals surface area contributed by atoms with E-state index in [0.29, 0.717) is 41.8 Å². The van der Waals surface area contributed by atoms with E-state index in [1.807, 2.05) is 6.07 Å². The van der Waals surface area contributed by atoms with Crippen LogP contribution in [0.25, 0.3) is 0 Å². The molecule has 2 heterocycles. The highest BCUT2D eigenvalue weighted by Gasteiger charge is 2.37. The van der Waals surface area contributed by atoms with E-state index >= 15 is 0 Å². The fraction of sp³-hybridized carbons (Fsp3) is 0.444. The molecule has 2 aliphatic rings. The Morgan fingerprint density at radius 3 is 2.75 bits per heavy atom. The van der Waals surface area contributed by atoms with E-state index in [0.717, 1.165) is 18.5 Å². The van der Waals surface area contributed by atoms with Gasteiger partial charge in [0.25, 0.3) is 0 Å². The maximum atomic E-state index is 12.9. The lowest BCUT2D eigenvalue weighted by Gasteiger charge is -2.12. The van der Waals surface area contributed by atoms with Gasteiger partial charge in [0.05, 0.1) is 0 Å². The molecule has 1 saturated carbocycles. The number of alkyl halides is 3. The van der Waals surface area contributed by atoms with E-state index < -0.39 is 11.9 Å². The second kappa shape index (κ2) is 7.50. The molecule has 0 radical (unpaired) electrons. The monoisotopic (exact) mass is 412 g/mol. The van der Waals surface area contributed by atoms with Gasteiger partial charge in [-0.25, -0.2) is 0 Å². The van der Waals surface area contributed by atoms with Gasteiger partial charge in [0.1, 0.15) is 0 Å². The van der Waals surface area contributed by atoms with Crippen molar-refractivity contribution in [3.8, 4) is 11.5 Å². The molecule has 0 saturated heterocycles. The first-order valence-corrected chi connectivity index (χ1v) is 9.40. The van der Waals surface area contributed by atoms with Gasteiger partial charge in [-0.2, -0.15) is 18.3 Å². The number of nitrogens with one attached hydrogen (secondary N) is 2. The number of halogens is 3. The van der Waals surface area contributed by atoms with Crippen molar-refractivity contribution in [2.45, 2.75) is 37.9 Å². The fourth-order valence-corrected chi connectivity index (χ4v) is 3.26. The van der Waals surface area contributed by atoms with Crippen molar-refractivity contribution >= 4 is 23.0 Å². The zero-order chi connectivity index (χ0) is 19.7. The smallest absolute Gasteiger partial charge is 0.435 e. The first-order chi connectivity index (χ1) is 13.4. The fourth-order valence-electron chi connectivity index (χ4n) is 3.04. The van der Waals surface area contributed by atoms with Gasteiger partial charge in [-0.3, -0.25) is 4.68 Å². The van der Waals surface area contributed by atoms with E-state index in [-0.39, 0.29) is 12.7 Å². The third-order valence-electron chi connectivity index (χ3n) is 4.56. The number of ether oxygens (including phenoxy) is 2. The third kappa shape index (κ3) is 4.32. The highest BCUT2D eigenvalue weighted by molar-refractivity contribution is 7.80. The number of benzene rings is 1. The van der Waals surface area contributed by atoms with Gasteiger partial charge in [0.2, 0.25) is 6.79 Å². The van der Waals surface area contributed by atoms with Gasteiger partial charge in [-0.1, -0.05) is 0 Å². The van der Waals surface area contributed by atoms with Crippen molar-refractivity contribution < 1.29 is 22.6 Å². The maximum Gasteiger partial charge on any atom is 0.435 e. The second-order valence-corrected chi connectivity index (χ2v) is 7.16. The van der Waals surface area contributed by atoms with E-state index in [4.69, 9.17) is 21.7 Å². The number of aromatic nitrogens is 2. The van der Waals surface area contributed by atoms with Crippen LogP contribution in [0.3, 0.4) is 0 Å². The Balaban J connectivity index is 1.26. The summed E-state index contributed by atoms with van der Waals surface area (Å²) in [5.41, 5.74) is 0.621. The first-order valence-electron chi connectivity index (χ1n) is 8.99. The van der Waals surface area contributed by atoms with Crippen LogP contribution in [0.2, 0.25) is 0 Å². The van der Waals surface area contributed by atoms with Gasteiger partial charge in [0.15, 0.2) is 22.3 Å². The summed E-state index contributed by atoms with van der Waals surface area (Å²) in [5.74, 6) is 1.54. The Hall–Kier alpha value is -2.49. The van der Waals surface area contributed by atoms with Gasteiger partial charge < -0.3 is 20.1 Å². The lowest BCUT2D eigenvalue weighted by atomic mass is 10.2. The second-order valence-electron chi connectivity index (χ2n) is 6.75. The Bertz CT molecular complexity index is 880. The normalized spacial score (nSPS) is 15.5. The number of aryl methyl sites for hydroxylation is 1. The van der Waals surface area contributed by atoms with Crippen LogP contribution in [0.1, 0.15) is 36.6 Å². The number of fused-ring (bicyclic) bond motifs is 1. The van der Waals surface area contributed by atoms with Crippen molar-refractivity contribution in [1.29, 1.82) is 0 Å². The molecule has 28 heavy (non-hydrogen) atoms. The van der Waals surface area contributed by atoms with Crippen molar-refractivity contribution in [2.24, 2.45) is 0 Å². The van der Waals surface area contributed by atoms with Gasteiger partial charge in [0, 0.05) is 36.5 Å². The van der Waals surface area contributed by atoms with E-state index in [2.05, 4.69) is 15.7 Å². The molecule has 0 spiro atoms. The van der Waals surface area contributed by atoms with Crippen LogP contribution >= 0.6 is 12.2 Å². The van der Waals surface area contributed by atoms with Crippen molar-refractivity contribution in [2.75, 3.05) is 18.7 Å². The van der Waals surface area contributed by atoms with Gasteiger partial charge in [-0.05, 0) is 49.7 Å². The standard InChI is InChI=1S/C18H19F3N4O2S/c19-18(20,21)16-9-13(11-2-3-11)25(24-16)7-1-6-22-17(28)23-12-4-5-14-15(8-12)27-10-26-14/h4-5,8-9,11H,1-3,6-7,10H2,(H2,22,23,28). The molecule has 2 aromatic rings. The van der Waals surface area contributed by atoms with Crippen molar-refractivity contribution in [1.82, 2.24) is 15.1 Å². The van der Waals surface area contributed by atoms with Crippen LogP contribution in [0.5, 0.6) is 11.5 Å². The molecule has 10 heteroatoms. The number of hydrogen-bond acceptors (Lipinski definition) is 4. The van der Waals surface area contributed by atoms with Crippen LogP contribution in [0, 0.1) is 0 Å². The summed E-state index contributed by atoms with van der Waals surface area (Å²) < 4.78 is 50.8. The maximum absolute atomic E-state index is 12.9. The van der Waals surface area contributed by atoms with E-state index in [1.54, 1.807) is 12.1 Å². The minimum Gasteiger partial charge on any atom is -0.454 e. The largest absolute Gasteiger partial charge is 0.454 e. The lowest BCUT2D eigenvalue weighted by Crippen LogP contribution is -2.29. The molecule has 6 nitrogen and oxygen atoms in total. The van der Waals surface area contributed by atoms with Crippen molar-refractivity contribution in [3.63, 3.8) is 0 Å². The molecule has 1 fully saturated rings. The molecule has 0 atom stereocenters. The topological polar surface area (TPSA) is 60.3 Å². The van der Waals surface area contributed by atoms with E-state index in [1.165, 1.54) is 10.7 Å². The number of nitrogens with zero attached hydrogens (tertiary/aromatic N) is 2. The predicted octanol–water partition coefficient (Wildman–Crippen LogP) is 3.88. The Labute approximate surface area is 165 Å². The number of thiocarbonyl (C=S) groups is 1. The SMILES string of the molecule is FC(F)(F)c1cc(C2CC2)n(CCCNC(=S)Nc2ccc3c(c2)OCO3)n1. The number of rotatable bonds is 6. The Morgan fingerprint density at radius 1 is 1.21 bits per heavy atom. The van der Waals surface area contributed by atoms with Crippen LogP contribution in [0.4, 0.5) is 18.9 Å². The molecule has 1 aliphatic heterocycles. The predicted molar refractivity (Wildman–Crippen MR) is 101 cm³/mol. The van der Waals surface area contributed by atoms with E-state index in [9.17, 15) is 13.2 Å². The Morgan fingerprint density at radius 2 is 2.00 bits per heavy atom. The highest BCUT2D eigenvalue weighted by Crippen LogP contribution is 2.42. The first kappa shape index (κ1) is 18.9. The molecule has 2 N–H and O–H groups in total. The molecule has 150 valence electrons. The highest BCUT2D eigenvalue weighted by atomic mass is 32.1. The summed E-state index contributed by atoms with van der Waals surface area (Å²) in [6, 6.07) is 6.59. The summed E-state index contributed by atoms with van der Waals surface area (Å²) in [5, 5.41) is 10.3. The van der Waals surface area contributed by atoms with Crippen LogP contribution in [-0.4, -0.2) is 28.2 Å². The average molecular weight is 412 g/mol. The lowest BCUT2D eigenvalue weighted by molar-refractivity contribution is -0.141. The van der Waals surface area contributed by atoms with Gasteiger partial charge in [-0.15, -0.1) is 0 Å². The zero-order valence-electron chi connectivity index (χ0n) is 14.9. The molecular formula is C18H19F3N4O2S. The molecule has 0 bridgehead atoms. The summed E-state index contributed by atoms with van der Waals surface area (Å²) in [6.07, 6.45) is -1.97. The molecule has 4 rings (SSSR count). The molecule has 0 amide bonds. The van der Waals surface area contributed by atoms with Crippen molar-refractivity contribution in [3.05, 3.63) is 35.7 Å². The molecule has 1 aromatic heterocycles. The summed E-state index contributed by atoms with van der Waals surface area (Å²) in [7, 11) is 0. The van der Waals surface area contributed by atoms with Crippen LogP contribution in [-0.2, 0) is 12.7 Å². The van der Waals surface area contributed by atoms with Crippen LogP contribution in [0.15, 0.2) is 24.3 Å². The minimum atomic E-state index is -4.41. The quantitative estimate of drug-likeness (QED) is 0.555. The zero-order valence-corrected chi connectivity index (χ0v) is 15.7. The molecular weight excluding hydrogens is 393 g/mol. The summed E-state index contributed by atoms with van der Waals surface area (Å²) in [6.45, 7) is 1.12. The summed E-state index contributed by atoms with van der Waals surface area (Å²) >= 11 is 5.26. The molecule has 1 aliphatic carbocycles. The Kier molecular flexibility index (Phi) is 5.05. The molecule has 0 unspecified atom stereocenters. The minimum absolute atomic E-state index is 0.199. The van der Waals surface area contributed by atoms with Gasteiger partial charge >= 0.3 is 6.18 Å². The number of hydrogen-bond donors (Lipinski definition) is 2. The summed E-state index contributed by atoms with van der Waals surface area (Å²) in [4.78, 5) is 0. The average Bonchev–Trinajstić information content (AvgIpc) is 3.21. The molecule has 1 aromatic carbocycles. The third-order valence-corrected chi connectivity index (χ3v) is 4.81.